The molecule has 0 saturated carbocycles. The van der Waals surface area contributed by atoms with Crippen molar-refractivity contribution in [3.8, 4) is 0 Å². The predicted octanol–water partition coefficient (Wildman–Crippen LogP) is 2.26. The normalized spacial score (nSPS) is 12.1. The van der Waals surface area contributed by atoms with Crippen LogP contribution in [0, 0.1) is 0 Å². The van der Waals surface area contributed by atoms with Gasteiger partial charge in [-0.25, -0.2) is 19.7 Å². The van der Waals surface area contributed by atoms with Crippen molar-refractivity contribution in [1.82, 2.24) is 19.5 Å². The zero-order valence-electron chi connectivity index (χ0n) is 13.3. The van der Waals surface area contributed by atoms with Crippen LogP contribution in [0.15, 0.2) is 36.9 Å². The van der Waals surface area contributed by atoms with E-state index in [4.69, 9.17) is 4.74 Å². The summed E-state index contributed by atoms with van der Waals surface area (Å²) < 4.78 is 6.59. The quantitative estimate of drug-likeness (QED) is 0.693. The molecule has 0 fully saturated rings. The van der Waals surface area contributed by atoms with E-state index in [9.17, 15) is 9.90 Å². The van der Waals surface area contributed by atoms with Gasteiger partial charge in [0.05, 0.1) is 24.2 Å². The number of hydrogen-bond donors (Lipinski definition) is 2. The minimum Gasteiger partial charge on any atom is -0.462 e. The number of rotatable bonds is 5. The number of carbonyl (C=O) groups is 1. The van der Waals surface area contributed by atoms with Gasteiger partial charge in [0.25, 0.3) is 0 Å². The van der Waals surface area contributed by atoms with E-state index in [-0.39, 0.29) is 0 Å². The number of esters is 1. The molecular formula is C16H17N5O3. The second-order valence-corrected chi connectivity index (χ2v) is 5.07. The van der Waals surface area contributed by atoms with Crippen molar-refractivity contribution in [2.75, 3.05) is 11.9 Å². The molecule has 0 amide bonds. The summed E-state index contributed by atoms with van der Waals surface area (Å²) >= 11 is 0. The minimum absolute atomic E-state index is 0.295. The number of nitrogens with one attached hydrogen (secondary N) is 1. The SMILES string of the molecule is CCOC(=O)c1ccccc1Nc1ncnc2c1ncn2C(C)O. The number of anilines is 2. The van der Waals surface area contributed by atoms with Crippen molar-refractivity contribution in [2.45, 2.75) is 20.1 Å². The van der Waals surface area contributed by atoms with Crippen molar-refractivity contribution in [2.24, 2.45) is 0 Å². The number of aliphatic hydroxyl groups excluding tert-OH is 1. The Morgan fingerprint density at radius 2 is 2.12 bits per heavy atom. The fourth-order valence-corrected chi connectivity index (χ4v) is 2.32. The van der Waals surface area contributed by atoms with E-state index in [1.807, 2.05) is 0 Å². The van der Waals surface area contributed by atoms with Gasteiger partial charge in [-0.3, -0.25) is 4.57 Å². The van der Waals surface area contributed by atoms with Gasteiger partial charge in [-0.1, -0.05) is 12.1 Å². The largest absolute Gasteiger partial charge is 0.462 e. The highest BCUT2D eigenvalue weighted by Gasteiger charge is 2.16. The molecule has 0 bridgehead atoms. The maximum absolute atomic E-state index is 12.1. The molecule has 1 unspecified atom stereocenters. The lowest BCUT2D eigenvalue weighted by Crippen LogP contribution is -2.08. The Bertz CT molecular complexity index is 875. The Kier molecular flexibility index (Phi) is 4.39. The summed E-state index contributed by atoms with van der Waals surface area (Å²) in [4.78, 5) is 24.6. The van der Waals surface area contributed by atoms with E-state index >= 15 is 0 Å². The second-order valence-electron chi connectivity index (χ2n) is 5.07. The van der Waals surface area contributed by atoms with E-state index in [1.165, 1.54) is 17.2 Å². The molecule has 1 aromatic carbocycles. The van der Waals surface area contributed by atoms with Crippen LogP contribution in [-0.2, 0) is 4.74 Å². The maximum atomic E-state index is 12.1. The van der Waals surface area contributed by atoms with Crippen LogP contribution in [0.2, 0.25) is 0 Å². The molecule has 8 heteroatoms. The lowest BCUT2D eigenvalue weighted by Gasteiger charge is -2.11. The maximum Gasteiger partial charge on any atom is 0.340 e. The first-order valence-electron chi connectivity index (χ1n) is 7.50. The van der Waals surface area contributed by atoms with E-state index in [0.29, 0.717) is 34.8 Å². The summed E-state index contributed by atoms with van der Waals surface area (Å²) in [5.74, 6) is 0.0246. The number of benzene rings is 1. The Balaban J connectivity index is 2.01. The fraction of sp³-hybridized carbons (Fsp3) is 0.250. The van der Waals surface area contributed by atoms with Gasteiger partial charge in [0.15, 0.2) is 17.0 Å². The Morgan fingerprint density at radius 3 is 2.88 bits per heavy atom. The van der Waals surface area contributed by atoms with Gasteiger partial charge in [-0.2, -0.15) is 0 Å². The Hall–Kier alpha value is -3.00. The van der Waals surface area contributed by atoms with Crippen molar-refractivity contribution in [3.05, 3.63) is 42.5 Å². The molecular weight excluding hydrogens is 310 g/mol. The highest BCUT2D eigenvalue weighted by atomic mass is 16.5. The molecule has 0 aliphatic rings. The summed E-state index contributed by atoms with van der Waals surface area (Å²) in [7, 11) is 0. The van der Waals surface area contributed by atoms with Crippen LogP contribution >= 0.6 is 0 Å². The molecule has 0 aliphatic carbocycles. The number of fused-ring (bicyclic) bond motifs is 1. The van der Waals surface area contributed by atoms with Gasteiger partial charge in [0.1, 0.15) is 12.6 Å². The molecule has 0 radical (unpaired) electrons. The molecule has 0 saturated heterocycles. The molecule has 1 atom stereocenters. The van der Waals surface area contributed by atoms with E-state index in [0.717, 1.165) is 0 Å². The van der Waals surface area contributed by atoms with Crippen LogP contribution in [0.5, 0.6) is 0 Å². The first-order valence-corrected chi connectivity index (χ1v) is 7.50. The molecule has 2 N–H and O–H groups in total. The second kappa shape index (κ2) is 6.63. The lowest BCUT2D eigenvalue weighted by atomic mass is 10.2. The third kappa shape index (κ3) is 2.91. The van der Waals surface area contributed by atoms with Crippen molar-refractivity contribution in [3.63, 3.8) is 0 Å². The summed E-state index contributed by atoms with van der Waals surface area (Å²) in [6, 6.07) is 6.99. The highest BCUT2D eigenvalue weighted by molar-refractivity contribution is 5.97. The zero-order chi connectivity index (χ0) is 17.1. The van der Waals surface area contributed by atoms with Crippen molar-refractivity contribution >= 4 is 28.6 Å². The van der Waals surface area contributed by atoms with Gasteiger partial charge in [-0.05, 0) is 26.0 Å². The molecule has 3 aromatic rings. The van der Waals surface area contributed by atoms with E-state index < -0.39 is 12.2 Å². The zero-order valence-corrected chi connectivity index (χ0v) is 13.3. The van der Waals surface area contributed by atoms with Crippen LogP contribution in [0.1, 0.15) is 30.4 Å². The molecule has 0 aliphatic heterocycles. The van der Waals surface area contributed by atoms with E-state index in [1.54, 1.807) is 38.1 Å². The summed E-state index contributed by atoms with van der Waals surface area (Å²) in [5.41, 5.74) is 1.96. The molecule has 2 heterocycles. The average molecular weight is 327 g/mol. The minimum atomic E-state index is -0.760. The predicted molar refractivity (Wildman–Crippen MR) is 87.9 cm³/mol. The number of aromatic nitrogens is 4. The number of ether oxygens (including phenoxy) is 1. The van der Waals surface area contributed by atoms with Crippen molar-refractivity contribution < 1.29 is 14.6 Å². The van der Waals surface area contributed by atoms with Crippen LogP contribution in [0.3, 0.4) is 0 Å². The van der Waals surface area contributed by atoms with E-state index in [2.05, 4.69) is 20.3 Å². The molecule has 3 rings (SSSR count). The van der Waals surface area contributed by atoms with Gasteiger partial charge >= 0.3 is 5.97 Å². The van der Waals surface area contributed by atoms with Gasteiger partial charge in [0.2, 0.25) is 0 Å². The van der Waals surface area contributed by atoms with Crippen molar-refractivity contribution in [1.29, 1.82) is 0 Å². The summed E-state index contributed by atoms with van der Waals surface area (Å²) in [6.45, 7) is 3.67. The van der Waals surface area contributed by atoms with Gasteiger partial charge in [-0.15, -0.1) is 0 Å². The smallest absolute Gasteiger partial charge is 0.340 e. The standard InChI is InChI=1S/C16H17N5O3/c1-3-24-16(23)11-6-4-5-7-12(11)20-14-13-15(18-8-17-14)21(9-19-13)10(2)22/h4-10,22H,3H2,1-2H3,(H,17,18,20). The molecule has 8 nitrogen and oxygen atoms in total. The molecule has 24 heavy (non-hydrogen) atoms. The van der Waals surface area contributed by atoms with Gasteiger partial charge in [0, 0.05) is 0 Å². The molecule has 0 spiro atoms. The van der Waals surface area contributed by atoms with Crippen LogP contribution in [-0.4, -0.2) is 37.2 Å². The van der Waals surface area contributed by atoms with Crippen LogP contribution in [0.25, 0.3) is 11.2 Å². The number of nitrogens with zero attached hydrogens (tertiary/aromatic N) is 4. The van der Waals surface area contributed by atoms with Gasteiger partial charge < -0.3 is 15.2 Å². The lowest BCUT2D eigenvalue weighted by molar-refractivity contribution is 0.0527. The topological polar surface area (TPSA) is 102 Å². The first-order chi connectivity index (χ1) is 11.6. The number of imidazole rings is 1. The summed E-state index contributed by atoms with van der Waals surface area (Å²) in [6.07, 6.45) is 2.11. The summed E-state index contributed by atoms with van der Waals surface area (Å²) in [5, 5.41) is 12.8. The Morgan fingerprint density at radius 1 is 1.33 bits per heavy atom. The number of para-hydroxylation sites is 1. The third-order valence-corrected chi connectivity index (χ3v) is 3.44. The van der Waals surface area contributed by atoms with Crippen LogP contribution in [0.4, 0.5) is 11.5 Å². The third-order valence-electron chi connectivity index (χ3n) is 3.44. The highest BCUT2D eigenvalue weighted by Crippen LogP contribution is 2.25. The monoisotopic (exact) mass is 327 g/mol. The number of carbonyl (C=O) groups excluding carboxylic acids is 1. The fourth-order valence-electron chi connectivity index (χ4n) is 2.32. The van der Waals surface area contributed by atoms with Crippen LogP contribution < -0.4 is 5.32 Å². The molecule has 2 aromatic heterocycles. The average Bonchev–Trinajstić information content (AvgIpc) is 3.01. The number of aliphatic hydroxyl groups is 1. The number of hydrogen-bond acceptors (Lipinski definition) is 7. The molecule has 124 valence electrons. The Labute approximate surface area is 138 Å². The first kappa shape index (κ1) is 15.9.